The molecule has 1 aliphatic heterocycles. The Balaban J connectivity index is 1.67. The van der Waals surface area contributed by atoms with Crippen LogP contribution in [-0.4, -0.2) is 44.1 Å². The van der Waals surface area contributed by atoms with Gasteiger partial charge < -0.3 is 15.0 Å². The maximum absolute atomic E-state index is 12.0. The predicted octanol–water partition coefficient (Wildman–Crippen LogP) is 3.48. The highest BCUT2D eigenvalue weighted by Crippen LogP contribution is 2.26. The van der Waals surface area contributed by atoms with Crippen molar-refractivity contribution < 1.29 is 9.53 Å². The molecule has 1 aliphatic rings. The van der Waals surface area contributed by atoms with Crippen LogP contribution in [0, 0.1) is 11.8 Å². The molecule has 5 heteroatoms. The first kappa shape index (κ1) is 19.3. The van der Waals surface area contributed by atoms with Crippen molar-refractivity contribution in [2.75, 3.05) is 33.3 Å². The number of rotatable bonds is 7. The van der Waals surface area contributed by atoms with E-state index in [1.54, 1.807) is 7.11 Å². The second-order valence-corrected chi connectivity index (χ2v) is 7.88. The van der Waals surface area contributed by atoms with Gasteiger partial charge in [-0.3, -0.25) is 4.79 Å². The quantitative estimate of drug-likeness (QED) is 0.766. The first-order chi connectivity index (χ1) is 11.5. The SMILES string of the molecule is COc1ccc(CCC(=O)NCCN2CC(C)CC(C)C2)cc1Br. The van der Waals surface area contributed by atoms with Gasteiger partial charge in [0.2, 0.25) is 5.91 Å². The van der Waals surface area contributed by atoms with Crippen molar-refractivity contribution in [3.63, 3.8) is 0 Å². The van der Waals surface area contributed by atoms with Crippen LogP contribution in [0.25, 0.3) is 0 Å². The highest BCUT2D eigenvalue weighted by atomic mass is 79.9. The third-order valence-electron chi connectivity index (χ3n) is 4.55. The molecular weight excluding hydrogens is 368 g/mol. The average Bonchev–Trinajstić information content (AvgIpc) is 2.52. The number of carbonyl (C=O) groups is 1. The number of piperidine rings is 1. The fraction of sp³-hybridized carbons (Fsp3) is 0.632. The van der Waals surface area contributed by atoms with Crippen molar-refractivity contribution in [2.45, 2.75) is 33.1 Å². The van der Waals surface area contributed by atoms with Gasteiger partial charge in [0.15, 0.2) is 0 Å². The van der Waals surface area contributed by atoms with E-state index in [1.165, 1.54) is 6.42 Å². The van der Waals surface area contributed by atoms with E-state index < -0.39 is 0 Å². The highest BCUT2D eigenvalue weighted by molar-refractivity contribution is 9.10. The van der Waals surface area contributed by atoms with Crippen molar-refractivity contribution in [1.82, 2.24) is 10.2 Å². The molecule has 2 atom stereocenters. The van der Waals surface area contributed by atoms with Crippen LogP contribution in [0.3, 0.4) is 0 Å². The molecule has 0 radical (unpaired) electrons. The molecule has 0 bridgehead atoms. The second kappa shape index (κ2) is 9.42. The minimum Gasteiger partial charge on any atom is -0.496 e. The number of likely N-dealkylation sites (tertiary alicyclic amines) is 1. The predicted molar refractivity (Wildman–Crippen MR) is 101 cm³/mol. The van der Waals surface area contributed by atoms with Gasteiger partial charge in [-0.05, 0) is 58.3 Å². The van der Waals surface area contributed by atoms with Gasteiger partial charge in [-0.15, -0.1) is 0 Å². The van der Waals surface area contributed by atoms with Gasteiger partial charge in [0.05, 0.1) is 11.6 Å². The summed E-state index contributed by atoms with van der Waals surface area (Å²) in [6.07, 6.45) is 2.58. The lowest BCUT2D eigenvalue weighted by atomic mass is 9.92. The fourth-order valence-electron chi connectivity index (χ4n) is 3.54. The molecule has 1 saturated heterocycles. The summed E-state index contributed by atoms with van der Waals surface area (Å²) < 4.78 is 6.15. The monoisotopic (exact) mass is 396 g/mol. The third-order valence-corrected chi connectivity index (χ3v) is 5.17. The summed E-state index contributed by atoms with van der Waals surface area (Å²) in [4.78, 5) is 14.5. The largest absolute Gasteiger partial charge is 0.496 e. The maximum atomic E-state index is 12.0. The first-order valence-electron chi connectivity index (χ1n) is 8.79. The normalized spacial score (nSPS) is 21.5. The Morgan fingerprint density at radius 2 is 2.04 bits per heavy atom. The number of nitrogens with zero attached hydrogens (tertiary/aromatic N) is 1. The molecule has 4 nitrogen and oxygen atoms in total. The zero-order valence-corrected chi connectivity index (χ0v) is 16.6. The molecule has 0 aromatic heterocycles. The van der Waals surface area contributed by atoms with Crippen LogP contribution in [0.2, 0.25) is 0 Å². The van der Waals surface area contributed by atoms with Crippen molar-refractivity contribution in [3.05, 3.63) is 28.2 Å². The van der Waals surface area contributed by atoms with Crippen molar-refractivity contribution in [3.8, 4) is 5.75 Å². The average molecular weight is 397 g/mol. The van der Waals surface area contributed by atoms with E-state index in [0.717, 1.165) is 60.2 Å². The van der Waals surface area contributed by atoms with E-state index in [-0.39, 0.29) is 5.91 Å². The van der Waals surface area contributed by atoms with Gasteiger partial charge in [0.1, 0.15) is 5.75 Å². The molecule has 1 aromatic rings. The molecule has 1 aromatic carbocycles. The van der Waals surface area contributed by atoms with Gasteiger partial charge in [0.25, 0.3) is 0 Å². The van der Waals surface area contributed by atoms with E-state index in [1.807, 2.05) is 18.2 Å². The number of nitrogens with one attached hydrogen (secondary N) is 1. The Morgan fingerprint density at radius 3 is 2.67 bits per heavy atom. The first-order valence-corrected chi connectivity index (χ1v) is 9.58. The van der Waals surface area contributed by atoms with E-state index in [2.05, 4.69) is 40.0 Å². The number of ether oxygens (including phenoxy) is 1. The molecule has 24 heavy (non-hydrogen) atoms. The highest BCUT2D eigenvalue weighted by Gasteiger charge is 2.21. The summed E-state index contributed by atoms with van der Waals surface area (Å²) in [5.74, 6) is 2.46. The smallest absolute Gasteiger partial charge is 0.220 e. The zero-order chi connectivity index (χ0) is 17.5. The Labute approximate surface area is 154 Å². The number of hydrogen-bond acceptors (Lipinski definition) is 3. The molecule has 134 valence electrons. The number of aryl methyl sites for hydroxylation is 1. The fourth-order valence-corrected chi connectivity index (χ4v) is 4.13. The van der Waals surface area contributed by atoms with E-state index >= 15 is 0 Å². The Morgan fingerprint density at radius 1 is 1.33 bits per heavy atom. The maximum Gasteiger partial charge on any atom is 0.220 e. The number of methoxy groups -OCH3 is 1. The molecular formula is C19H29BrN2O2. The van der Waals surface area contributed by atoms with Gasteiger partial charge >= 0.3 is 0 Å². The summed E-state index contributed by atoms with van der Waals surface area (Å²) in [5.41, 5.74) is 1.14. The lowest BCUT2D eigenvalue weighted by Gasteiger charge is -2.34. The minimum absolute atomic E-state index is 0.125. The molecule has 2 rings (SSSR count). The summed E-state index contributed by atoms with van der Waals surface area (Å²) in [5, 5.41) is 3.05. The van der Waals surface area contributed by atoms with Crippen LogP contribution < -0.4 is 10.1 Å². The number of benzene rings is 1. The molecule has 1 N–H and O–H groups in total. The summed E-state index contributed by atoms with van der Waals surface area (Å²) >= 11 is 3.48. The van der Waals surface area contributed by atoms with E-state index in [4.69, 9.17) is 4.74 Å². The number of carbonyl (C=O) groups excluding carboxylic acids is 1. The Bertz CT molecular complexity index is 540. The lowest BCUT2D eigenvalue weighted by molar-refractivity contribution is -0.121. The van der Waals surface area contributed by atoms with Crippen LogP contribution >= 0.6 is 15.9 Å². The lowest BCUT2D eigenvalue weighted by Crippen LogP contribution is -2.42. The van der Waals surface area contributed by atoms with Gasteiger partial charge in [-0.2, -0.15) is 0 Å². The topological polar surface area (TPSA) is 41.6 Å². The van der Waals surface area contributed by atoms with Crippen LogP contribution in [0.15, 0.2) is 22.7 Å². The van der Waals surface area contributed by atoms with Crippen molar-refractivity contribution in [1.29, 1.82) is 0 Å². The standard InChI is InChI=1S/C19H29BrN2O2/c1-14-10-15(2)13-22(12-14)9-8-21-19(23)7-5-16-4-6-18(24-3)17(20)11-16/h4,6,11,14-15H,5,7-10,12-13H2,1-3H3,(H,21,23). The molecule has 2 unspecified atom stereocenters. The van der Waals surface area contributed by atoms with Gasteiger partial charge in [-0.25, -0.2) is 0 Å². The summed E-state index contributed by atoms with van der Waals surface area (Å²) in [6.45, 7) is 8.63. The van der Waals surface area contributed by atoms with Crippen molar-refractivity contribution in [2.24, 2.45) is 11.8 Å². The van der Waals surface area contributed by atoms with E-state index in [9.17, 15) is 4.79 Å². The zero-order valence-electron chi connectivity index (χ0n) is 15.0. The molecule has 1 fully saturated rings. The number of halogens is 1. The third kappa shape index (κ3) is 6.10. The molecule has 1 heterocycles. The molecule has 0 spiro atoms. The van der Waals surface area contributed by atoms with E-state index in [0.29, 0.717) is 6.42 Å². The molecule has 0 aliphatic carbocycles. The summed E-state index contributed by atoms with van der Waals surface area (Å²) in [7, 11) is 1.65. The minimum atomic E-state index is 0.125. The number of hydrogen-bond donors (Lipinski definition) is 1. The van der Waals surface area contributed by atoms with Crippen LogP contribution in [0.5, 0.6) is 5.75 Å². The Kier molecular flexibility index (Phi) is 7.56. The summed E-state index contributed by atoms with van der Waals surface area (Å²) in [6, 6.07) is 5.95. The van der Waals surface area contributed by atoms with Gasteiger partial charge in [0, 0.05) is 32.6 Å². The van der Waals surface area contributed by atoms with Crippen LogP contribution in [0.4, 0.5) is 0 Å². The van der Waals surface area contributed by atoms with Crippen LogP contribution in [-0.2, 0) is 11.2 Å². The van der Waals surface area contributed by atoms with Crippen molar-refractivity contribution >= 4 is 21.8 Å². The number of amides is 1. The van der Waals surface area contributed by atoms with Crippen LogP contribution in [0.1, 0.15) is 32.3 Å². The molecule has 1 amide bonds. The second-order valence-electron chi connectivity index (χ2n) is 7.02. The Hall–Kier alpha value is -1.07. The van der Waals surface area contributed by atoms with Gasteiger partial charge in [-0.1, -0.05) is 19.9 Å². The molecule has 0 saturated carbocycles.